The average Bonchev–Trinajstić information content (AvgIpc) is 3.35. The molecule has 198 valence electrons. The van der Waals surface area contributed by atoms with Gasteiger partial charge in [0.15, 0.2) is 5.13 Å². The normalized spacial score (nSPS) is 13.7. The number of fused-ring (bicyclic) bond motifs is 1. The Morgan fingerprint density at radius 3 is 2.43 bits per heavy atom. The fourth-order valence-corrected chi connectivity index (χ4v) is 5.68. The van der Waals surface area contributed by atoms with Gasteiger partial charge < -0.3 is 19.3 Å². The summed E-state index contributed by atoms with van der Waals surface area (Å²) >= 11 is 1.34. The number of nitro groups is 1. The summed E-state index contributed by atoms with van der Waals surface area (Å²) in [6, 6.07) is 8.39. The zero-order valence-electron chi connectivity index (χ0n) is 21.7. The molecule has 1 amide bonds. The number of nitrogens with zero attached hydrogens (tertiary/aromatic N) is 5. The van der Waals surface area contributed by atoms with Crippen molar-refractivity contribution >= 4 is 44.0 Å². The molecule has 4 rings (SSSR count). The highest BCUT2D eigenvalue weighted by Gasteiger charge is 2.27. The number of methoxy groups -OCH3 is 2. The third kappa shape index (κ3) is 5.78. The minimum Gasteiger partial charge on any atom is -0.495 e. The van der Waals surface area contributed by atoms with Gasteiger partial charge in [-0.3, -0.25) is 19.8 Å². The molecule has 3 aromatic rings. The van der Waals surface area contributed by atoms with Crippen LogP contribution in [0, 0.1) is 10.1 Å². The number of carbonyl (C=O) groups excluding carboxylic acids is 1. The number of thiazole rings is 1. The molecule has 37 heavy (non-hydrogen) atoms. The van der Waals surface area contributed by atoms with Gasteiger partial charge in [0, 0.05) is 31.3 Å². The second-order valence-electron chi connectivity index (χ2n) is 9.27. The number of piperidine rings is 1. The molecule has 0 bridgehead atoms. The van der Waals surface area contributed by atoms with Gasteiger partial charge in [-0.05, 0) is 70.6 Å². The Labute approximate surface area is 220 Å². The van der Waals surface area contributed by atoms with Crippen LogP contribution in [0.1, 0.15) is 36.0 Å². The van der Waals surface area contributed by atoms with Gasteiger partial charge >= 0.3 is 0 Å². The zero-order valence-corrected chi connectivity index (χ0v) is 22.5. The average molecular weight is 528 g/mol. The number of aromatic nitrogens is 1. The van der Waals surface area contributed by atoms with Gasteiger partial charge in [0.2, 0.25) is 0 Å². The summed E-state index contributed by atoms with van der Waals surface area (Å²) in [4.78, 5) is 35.9. The molecular weight excluding hydrogens is 494 g/mol. The molecule has 0 unspecified atom stereocenters. The highest BCUT2D eigenvalue weighted by Crippen LogP contribution is 2.41. The Bertz CT molecular complexity index is 1230. The maximum absolute atomic E-state index is 13.8. The minimum atomic E-state index is -0.398. The first-order valence-corrected chi connectivity index (χ1v) is 13.2. The van der Waals surface area contributed by atoms with E-state index in [2.05, 4.69) is 0 Å². The lowest BCUT2D eigenvalue weighted by molar-refractivity contribution is -0.384. The van der Waals surface area contributed by atoms with Crippen molar-refractivity contribution in [3.8, 4) is 11.5 Å². The van der Waals surface area contributed by atoms with E-state index in [0.29, 0.717) is 40.8 Å². The quantitative estimate of drug-likeness (QED) is 0.273. The van der Waals surface area contributed by atoms with Crippen molar-refractivity contribution in [2.45, 2.75) is 25.7 Å². The molecule has 0 N–H and O–H groups in total. The Morgan fingerprint density at radius 1 is 1.08 bits per heavy atom. The van der Waals surface area contributed by atoms with Crippen LogP contribution in [0.3, 0.4) is 0 Å². The SMILES string of the molecule is COc1ccc(OC)c2sc(N(CCCN(C)C)C(=O)c3ccc(N4CCCCC4)c([N+](=O)[O-])c3)nc12. The van der Waals surface area contributed by atoms with Crippen LogP contribution in [-0.4, -0.2) is 75.2 Å². The van der Waals surface area contributed by atoms with E-state index in [1.54, 1.807) is 37.3 Å². The summed E-state index contributed by atoms with van der Waals surface area (Å²) in [6.45, 7) is 2.73. The number of hydrogen-bond acceptors (Lipinski definition) is 9. The van der Waals surface area contributed by atoms with Crippen molar-refractivity contribution in [3.63, 3.8) is 0 Å². The molecule has 0 aliphatic carbocycles. The Kier molecular flexibility index (Phi) is 8.45. The van der Waals surface area contributed by atoms with E-state index in [9.17, 15) is 14.9 Å². The van der Waals surface area contributed by atoms with Crippen LogP contribution in [0.5, 0.6) is 11.5 Å². The lowest BCUT2D eigenvalue weighted by atomic mass is 10.1. The molecule has 1 saturated heterocycles. The number of amides is 1. The lowest BCUT2D eigenvalue weighted by Crippen LogP contribution is -2.34. The molecule has 2 aromatic carbocycles. The van der Waals surface area contributed by atoms with E-state index < -0.39 is 4.92 Å². The fraction of sp³-hybridized carbons (Fsp3) is 0.462. The highest BCUT2D eigenvalue weighted by atomic mass is 32.1. The summed E-state index contributed by atoms with van der Waals surface area (Å²) in [5, 5.41) is 12.5. The van der Waals surface area contributed by atoms with Crippen molar-refractivity contribution < 1.29 is 19.2 Å². The molecule has 0 saturated carbocycles. The van der Waals surface area contributed by atoms with Gasteiger partial charge in [0.25, 0.3) is 11.6 Å². The van der Waals surface area contributed by atoms with Crippen molar-refractivity contribution in [3.05, 3.63) is 46.0 Å². The van der Waals surface area contributed by atoms with Gasteiger partial charge in [-0.2, -0.15) is 0 Å². The number of benzene rings is 2. The molecule has 1 aliphatic heterocycles. The summed E-state index contributed by atoms with van der Waals surface area (Å²) < 4.78 is 11.8. The maximum Gasteiger partial charge on any atom is 0.293 e. The Balaban J connectivity index is 1.74. The van der Waals surface area contributed by atoms with Crippen LogP contribution in [-0.2, 0) is 0 Å². The van der Waals surface area contributed by atoms with Crippen LogP contribution in [0.15, 0.2) is 30.3 Å². The van der Waals surface area contributed by atoms with Crippen LogP contribution < -0.4 is 19.3 Å². The predicted octanol–water partition coefficient (Wildman–Crippen LogP) is 4.81. The predicted molar refractivity (Wildman–Crippen MR) is 147 cm³/mol. The molecule has 0 atom stereocenters. The minimum absolute atomic E-state index is 0.0476. The smallest absolute Gasteiger partial charge is 0.293 e. The first kappa shape index (κ1) is 26.6. The van der Waals surface area contributed by atoms with Crippen molar-refractivity contribution in [2.24, 2.45) is 0 Å². The monoisotopic (exact) mass is 527 g/mol. The fourth-order valence-electron chi connectivity index (χ4n) is 4.58. The second-order valence-corrected chi connectivity index (χ2v) is 10.2. The molecule has 0 radical (unpaired) electrons. The van der Waals surface area contributed by atoms with E-state index >= 15 is 0 Å². The third-order valence-electron chi connectivity index (χ3n) is 6.48. The van der Waals surface area contributed by atoms with Crippen LogP contribution in [0.25, 0.3) is 10.2 Å². The zero-order chi connectivity index (χ0) is 26.5. The molecule has 1 fully saturated rings. The molecule has 1 aliphatic rings. The van der Waals surface area contributed by atoms with Gasteiger partial charge in [-0.1, -0.05) is 11.3 Å². The highest BCUT2D eigenvalue weighted by molar-refractivity contribution is 7.22. The Morgan fingerprint density at radius 2 is 1.78 bits per heavy atom. The maximum atomic E-state index is 13.8. The van der Waals surface area contributed by atoms with E-state index in [0.717, 1.165) is 43.6 Å². The topological polar surface area (TPSA) is 101 Å². The second kappa shape index (κ2) is 11.7. The summed E-state index contributed by atoms with van der Waals surface area (Å²) in [5.41, 5.74) is 1.39. The van der Waals surface area contributed by atoms with Gasteiger partial charge in [0.1, 0.15) is 27.4 Å². The van der Waals surface area contributed by atoms with Crippen molar-refractivity contribution in [1.82, 2.24) is 9.88 Å². The Hall–Kier alpha value is -3.44. The number of ether oxygens (including phenoxy) is 2. The number of rotatable bonds is 10. The number of nitro benzene ring substituents is 1. The van der Waals surface area contributed by atoms with Gasteiger partial charge in [-0.15, -0.1) is 0 Å². The number of hydrogen-bond donors (Lipinski definition) is 0. The first-order valence-electron chi connectivity index (χ1n) is 12.4. The van der Waals surface area contributed by atoms with E-state index in [4.69, 9.17) is 14.5 Å². The summed E-state index contributed by atoms with van der Waals surface area (Å²) in [5.74, 6) is 0.895. The summed E-state index contributed by atoms with van der Waals surface area (Å²) in [6.07, 6.45) is 3.83. The van der Waals surface area contributed by atoms with Crippen LogP contribution >= 0.6 is 11.3 Å². The largest absolute Gasteiger partial charge is 0.495 e. The molecule has 1 aromatic heterocycles. The number of anilines is 2. The molecule has 2 heterocycles. The van der Waals surface area contributed by atoms with E-state index in [1.165, 1.54) is 17.4 Å². The first-order chi connectivity index (χ1) is 17.8. The van der Waals surface area contributed by atoms with Crippen LogP contribution in [0.2, 0.25) is 0 Å². The van der Waals surface area contributed by atoms with Crippen molar-refractivity contribution in [1.29, 1.82) is 0 Å². The van der Waals surface area contributed by atoms with Crippen LogP contribution in [0.4, 0.5) is 16.5 Å². The third-order valence-corrected chi connectivity index (χ3v) is 7.57. The molecule has 0 spiro atoms. The van der Waals surface area contributed by atoms with Crippen molar-refractivity contribution in [2.75, 3.05) is 64.3 Å². The lowest BCUT2D eigenvalue weighted by Gasteiger charge is -2.28. The molecule has 11 heteroatoms. The van der Waals surface area contributed by atoms with E-state index in [1.807, 2.05) is 30.0 Å². The van der Waals surface area contributed by atoms with E-state index in [-0.39, 0.29) is 17.2 Å². The standard InChI is InChI=1S/C26H33N5O5S/c1-28(2)13-8-16-30(26-27-23-21(35-3)11-12-22(36-4)24(23)37-26)25(32)18-9-10-19(20(17-18)31(33)34)29-14-6-5-7-15-29/h9-12,17H,5-8,13-16H2,1-4H3. The number of carbonyl (C=O) groups is 1. The van der Waals surface area contributed by atoms with Gasteiger partial charge in [-0.25, -0.2) is 4.98 Å². The van der Waals surface area contributed by atoms with Gasteiger partial charge in [0.05, 0.1) is 19.1 Å². The molecular formula is C26H33N5O5S. The summed E-state index contributed by atoms with van der Waals surface area (Å²) in [7, 11) is 7.11. The molecule has 10 nitrogen and oxygen atoms in total.